The van der Waals surface area contributed by atoms with Gasteiger partial charge in [0.2, 0.25) is 0 Å². The third-order valence-corrected chi connectivity index (χ3v) is 2.69. The lowest BCUT2D eigenvalue weighted by Gasteiger charge is -2.10. The number of rotatable bonds is 5. The largest absolute Gasteiger partial charge is 0.306 e. The minimum Gasteiger partial charge on any atom is -0.306 e. The molecule has 1 N–H and O–H groups in total. The van der Waals surface area contributed by atoms with E-state index in [2.05, 4.69) is 29.2 Å². The van der Waals surface area contributed by atoms with Crippen LogP contribution in [-0.4, -0.2) is 14.8 Å². The highest BCUT2D eigenvalue weighted by atomic mass is 19.1. The zero-order valence-electron chi connectivity index (χ0n) is 10.6. The molecule has 0 radical (unpaired) electrons. The van der Waals surface area contributed by atoms with Crippen LogP contribution in [0.2, 0.25) is 0 Å². The summed E-state index contributed by atoms with van der Waals surface area (Å²) >= 11 is 0. The van der Waals surface area contributed by atoms with Crippen LogP contribution in [-0.2, 0) is 13.1 Å². The molecule has 0 aliphatic rings. The van der Waals surface area contributed by atoms with Crippen molar-refractivity contribution >= 4 is 0 Å². The monoisotopic (exact) mass is 248 g/mol. The maximum atomic E-state index is 13.4. The maximum absolute atomic E-state index is 13.4. The van der Waals surface area contributed by atoms with Crippen LogP contribution in [0.5, 0.6) is 0 Å². The van der Waals surface area contributed by atoms with Crippen LogP contribution in [0.15, 0.2) is 30.6 Å². The van der Waals surface area contributed by atoms with Gasteiger partial charge in [0.05, 0.1) is 6.54 Å². The molecule has 0 amide bonds. The summed E-state index contributed by atoms with van der Waals surface area (Å²) in [7, 11) is 0. The Labute approximate surface area is 106 Å². The molecule has 1 heterocycles. The van der Waals surface area contributed by atoms with Gasteiger partial charge in [0.1, 0.15) is 18.0 Å². The van der Waals surface area contributed by atoms with Crippen LogP contribution in [0.3, 0.4) is 0 Å². The van der Waals surface area contributed by atoms with Gasteiger partial charge in [-0.2, -0.15) is 5.10 Å². The summed E-state index contributed by atoms with van der Waals surface area (Å²) < 4.78 is 15.2. The van der Waals surface area contributed by atoms with E-state index in [9.17, 15) is 4.39 Å². The van der Waals surface area contributed by atoms with Crippen LogP contribution < -0.4 is 5.32 Å². The van der Waals surface area contributed by atoms with Crippen molar-refractivity contribution < 1.29 is 4.39 Å². The van der Waals surface area contributed by atoms with Crippen molar-refractivity contribution in [3.8, 4) is 0 Å². The fraction of sp³-hybridized carbons (Fsp3) is 0.385. The molecule has 1 aromatic carbocycles. The molecule has 0 unspecified atom stereocenters. The summed E-state index contributed by atoms with van der Waals surface area (Å²) in [5, 5.41) is 7.33. The van der Waals surface area contributed by atoms with Gasteiger partial charge in [0.25, 0.3) is 0 Å². The van der Waals surface area contributed by atoms with E-state index >= 15 is 0 Å². The molecule has 96 valence electrons. The highest BCUT2D eigenvalue weighted by molar-refractivity contribution is 5.16. The Bertz CT molecular complexity index is 507. The van der Waals surface area contributed by atoms with Crippen LogP contribution in [0.25, 0.3) is 0 Å². The lowest BCUT2D eigenvalue weighted by molar-refractivity contribution is 0.487. The molecule has 5 heteroatoms. The van der Waals surface area contributed by atoms with Crippen molar-refractivity contribution in [3.63, 3.8) is 0 Å². The summed E-state index contributed by atoms with van der Waals surface area (Å²) in [6.07, 6.45) is 1.54. The molecule has 2 aromatic rings. The second-order valence-corrected chi connectivity index (χ2v) is 4.41. The predicted octanol–water partition coefficient (Wildman–Crippen LogP) is 2.29. The van der Waals surface area contributed by atoms with E-state index in [-0.39, 0.29) is 11.9 Å². The molecular weight excluding hydrogens is 231 g/mol. The van der Waals surface area contributed by atoms with E-state index in [1.54, 1.807) is 18.5 Å². The fourth-order valence-corrected chi connectivity index (χ4v) is 1.78. The number of hydrogen-bond donors (Lipinski definition) is 1. The summed E-state index contributed by atoms with van der Waals surface area (Å²) in [6, 6.07) is 7.03. The Morgan fingerprint density at radius 3 is 2.78 bits per heavy atom. The zero-order valence-corrected chi connectivity index (χ0v) is 10.6. The topological polar surface area (TPSA) is 42.7 Å². The minimum absolute atomic E-state index is 0.185. The third-order valence-electron chi connectivity index (χ3n) is 2.69. The van der Waals surface area contributed by atoms with Crippen LogP contribution in [0.1, 0.15) is 31.3 Å². The first kappa shape index (κ1) is 12.7. The van der Waals surface area contributed by atoms with E-state index < -0.39 is 0 Å². The molecule has 0 atom stereocenters. The van der Waals surface area contributed by atoms with Crippen LogP contribution in [0.4, 0.5) is 4.39 Å². The van der Waals surface area contributed by atoms with Gasteiger partial charge in [-0.3, -0.25) is 0 Å². The van der Waals surface area contributed by atoms with Gasteiger partial charge in [-0.05, 0) is 19.9 Å². The predicted molar refractivity (Wildman–Crippen MR) is 67.4 cm³/mol. The number of aromatic nitrogens is 3. The Morgan fingerprint density at radius 1 is 1.28 bits per heavy atom. The standard InChI is InChI=1S/C13H17FN4/c1-10(2)18-13(16-9-17-18)8-15-7-11-5-3-4-6-12(11)14/h3-6,9-10,15H,7-8H2,1-2H3. The molecule has 0 fully saturated rings. The smallest absolute Gasteiger partial charge is 0.141 e. The SMILES string of the molecule is CC(C)n1ncnc1CNCc1ccccc1F. The lowest BCUT2D eigenvalue weighted by Crippen LogP contribution is -2.18. The second kappa shape index (κ2) is 5.73. The second-order valence-electron chi connectivity index (χ2n) is 4.41. The van der Waals surface area contributed by atoms with E-state index in [4.69, 9.17) is 0 Å². The van der Waals surface area contributed by atoms with E-state index in [1.807, 2.05) is 10.7 Å². The van der Waals surface area contributed by atoms with Crippen molar-refractivity contribution in [2.75, 3.05) is 0 Å². The van der Waals surface area contributed by atoms with Crippen molar-refractivity contribution in [1.82, 2.24) is 20.1 Å². The van der Waals surface area contributed by atoms with Crippen molar-refractivity contribution in [1.29, 1.82) is 0 Å². The zero-order chi connectivity index (χ0) is 13.0. The van der Waals surface area contributed by atoms with Gasteiger partial charge in [-0.25, -0.2) is 14.1 Å². The normalized spacial score (nSPS) is 11.1. The van der Waals surface area contributed by atoms with Gasteiger partial charge in [-0.15, -0.1) is 0 Å². The number of nitrogens with one attached hydrogen (secondary N) is 1. The third kappa shape index (κ3) is 2.92. The quantitative estimate of drug-likeness (QED) is 0.882. The number of benzene rings is 1. The van der Waals surface area contributed by atoms with E-state index in [0.717, 1.165) is 5.82 Å². The van der Waals surface area contributed by atoms with Gasteiger partial charge >= 0.3 is 0 Å². The molecule has 0 bridgehead atoms. The Hall–Kier alpha value is -1.75. The van der Waals surface area contributed by atoms with Crippen molar-refractivity contribution in [3.05, 3.63) is 47.8 Å². The summed E-state index contributed by atoms with van der Waals surface area (Å²) in [6.45, 7) is 5.16. The Balaban J connectivity index is 1.93. The summed E-state index contributed by atoms with van der Waals surface area (Å²) in [4.78, 5) is 4.19. The molecule has 0 aliphatic carbocycles. The Kier molecular flexibility index (Phi) is 4.04. The van der Waals surface area contributed by atoms with Gasteiger partial charge in [0.15, 0.2) is 0 Å². The molecule has 18 heavy (non-hydrogen) atoms. The maximum Gasteiger partial charge on any atom is 0.141 e. The van der Waals surface area contributed by atoms with Crippen molar-refractivity contribution in [2.24, 2.45) is 0 Å². The number of nitrogens with zero attached hydrogens (tertiary/aromatic N) is 3. The number of halogens is 1. The molecular formula is C13H17FN4. The molecule has 0 saturated heterocycles. The molecule has 1 aromatic heterocycles. The van der Waals surface area contributed by atoms with Crippen LogP contribution >= 0.6 is 0 Å². The first-order chi connectivity index (χ1) is 8.68. The first-order valence-corrected chi connectivity index (χ1v) is 6.01. The first-order valence-electron chi connectivity index (χ1n) is 6.01. The van der Waals surface area contributed by atoms with E-state index in [1.165, 1.54) is 6.07 Å². The highest BCUT2D eigenvalue weighted by Crippen LogP contribution is 2.07. The fourth-order valence-electron chi connectivity index (χ4n) is 1.78. The van der Waals surface area contributed by atoms with Crippen molar-refractivity contribution in [2.45, 2.75) is 33.0 Å². The molecule has 2 rings (SSSR count). The minimum atomic E-state index is -0.185. The number of hydrogen-bond acceptors (Lipinski definition) is 3. The van der Waals surface area contributed by atoms with E-state index in [0.29, 0.717) is 18.7 Å². The molecule has 0 spiro atoms. The molecule has 0 saturated carbocycles. The average Bonchev–Trinajstić information content (AvgIpc) is 2.80. The summed E-state index contributed by atoms with van der Waals surface area (Å²) in [5.41, 5.74) is 0.660. The lowest BCUT2D eigenvalue weighted by atomic mass is 10.2. The van der Waals surface area contributed by atoms with Gasteiger partial charge in [0, 0.05) is 18.2 Å². The Morgan fingerprint density at radius 2 is 2.06 bits per heavy atom. The van der Waals surface area contributed by atoms with Crippen LogP contribution in [0, 0.1) is 5.82 Å². The van der Waals surface area contributed by atoms with Gasteiger partial charge < -0.3 is 5.32 Å². The molecule has 4 nitrogen and oxygen atoms in total. The average molecular weight is 248 g/mol. The summed E-state index contributed by atoms with van der Waals surface area (Å²) in [5.74, 6) is 0.677. The highest BCUT2D eigenvalue weighted by Gasteiger charge is 2.07. The van der Waals surface area contributed by atoms with Gasteiger partial charge in [-0.1, -0.05) is 18.2 Å². The molecule has 0 aliphatic heterocycles.